The molecule has 1 aliphatic heterocycles. The molecule has 2 atom stereocenters. The largest absolute Gasteiger partial charge is 0.493 e. The van der Waals surface area contributed by atoms with E-state index in [0.717, 1.165) is 59.4 Å². The third kappa shape index (κ3) is 6.39. The number of aliphatic hydroxyl groups is 1. The van der Waals surface area contributed by atoms with E-state index in [1.54, 1.807) is 0 Å². The number of nitrogens with zero attached hydrogens (tertiary/aromatic N) is 3. The van der Waals surface area contributed by atoms with E-state index in [-0.39, 0.29) is 0 Å². The zero-order chi connectivity index (χ0) is 24.2. The van der Waals surface area contributed by atoms with Crippen LogP contribution in [0.2, 0.25) is 0 Å². The maximum atomic E-state index is 9.75. The van der Waals surface area contributed by atoms with Crippen LogP contribution in [0.5, 0.6) is 5.75 Å². The number of rotatable bonds is 11. The number of aromatic nitrogens is 1. The number of benzene rings is 1. The van der Waals surface area contributed by atoms with Gasteiger partial charge in [0.25, 0.3) is 0 Å². The summed E-state index contributed by atoms with van der Waals surface area (Å²) in [6.45, 7) is 5.57. The molecule has 6 heteroatoms. The van der Waals surface area contributed by atoms with Crippen LogP contribution in [0, 0.1) is 23.7 Å². The Bertz CT molecular complexity index is 946. The summed E-state index contributed by atoms with van der Waals surface area (Å²) in [5.74, 6) is 3.67. The number of aryl methyl sites for hydroxylation is 1. The molecule has 1 aromatic carbocycles. The first kappa shape index (κ1) is 25.0. The molecule has 0 bridgehead atoms. The van der Waals surface area contributed by atoms with Gasteiger partial charge in [0.05, 0.1) is 17.9 Å². The van der Waals surface area contributed by atoms with E-state index in [1.807, 2.05) is 0 Å². The molecule has 35 heavy (non-hydrogen) atoms. The molecule has 1 aromatic heterocycles. The highest BCUT2D eigenvalue weighted by Gasteiger charge is 2.29. The van der Waals surface area contributed by atoms with Crippen LogP contribution in [-0.2, 0) is 13.0 Å². The van der Waals surface area contributed by atoms with Gasteiger partial charge in [-0.15, -0.1) is 0 Å². The van der Waals surface area contributed by atoms with Gasteiger partial charge >= 0.3 is 0 Å². The standard InChI is InChI=1S/C29H45N3O3/c1-31(2)18-26-28(34-20-22-7-8-22)12-10-25-27(30-35-29(25)26)11-9-21-13-15-32(16-14-21)17-23-5-3-4-6-24(23)19-33/h10,12,21-24,33H,3-9,11,13-20H2,1-2H3. The van der Waals surface area contributed by atoms with Gasteiger partial charge in [0.2, 0.25) is 0 Å². The minimum absolute atomic E-state index is 0.372. The molecule has 1 N–H and O–H groups in total. The molecule has 0 spiro atoms. The minimum Gasteiger partial charge on any atom is -0.493 e. The fourth-order valence-electron chi connectivity index (χ4n) is 6.26. The number of hydrogen-bond donors (Lipinski definition) is 1. The Morgan fingerprint density at radius 2 is 1.80 bits per heavy atom. The van der Waals surface area contributed by atoms with Crippen LogP contribution < -0.4 is 4.74 Å². The number of hydrogen-bond acceptors (Lipinski definition) is 6. The van der Waals surface area contributed by atoms with Crippen LogP contribution in [-0.4, -0.2) is 67.0 Å². The lowest BCUT2D eigenvalue weighted by molar-refractivity contribution is 0.0826. The van der Waals surface area contributed by atoms with Crippen LogP contribution in [0.3, 0.4) is 0 Å². The Hall–Kier alpha value is -1.63. The van der Waals surface area contributed by atoms with Crippen LogP contribution in [0.25, 0.3) is 11.0 Å². The van der Waals surface area contributed by atoms with Crippen molar-refractivity contribution in [2.24, 2.45) is 23.7 Å². The maximum Gasteiger partial charge on any atom is 0.175 e. The van der Waals surface area contributed by atoms with Crippen molar-refractivity contribution in [3.05, 3.63) is 23.4 Å². The van der Waals surface area contributed by atoms with Gasteiger partial charge in [-0.25, -0.2) is 0 Å². The molecule has 0 radical (unpaired) electrons. The second-order valence-corrected chi connectivity index (χ2v) is 11.8. The monoisotopic (exact) mass is 483 g/mol. The highest BCUT2D eigenvalue weighted by Crippen LogP contribution is 2.35. The molecule has 2 aromatic rings. The van der Waals surface area contributed by atoms with Crippen molar-refractivity contribution in [1.29, 1.82) is 0 Å². The van der Waals surface area contributed by atoms with Gasteiger partial charge in [0, 0.05) is 25.1 Å². The van der Waals surface area contributed by atoms with E-state index in [2.05, 4.69) is 41.2 Å². The van der Waals surface area contributed by atoms with E-state index in [9.17, 15) is 5.11 Å². The Morgan fingerprint density at radius 3 is 2.51 bits per heavy atom. The lowest BCUT2D eigenvalue weighted by atomic mass is 9.79. The fraction of sp³-hybridized carbons (Fsp3) is 0.759. The highest BCUT2D eigenvalue weighted by molar-refractivity contribution is 5.84. The van der Waals surface area contributed by atoms with Gasteiger partial charge in [0.1, 0.15) is 5.75 Å². The second-order valence-electron chi connectivity index (χ2n) is 11.8. The molecule has 2 unspecified atom stereocenters. The lowest BCUT2D eigenvalue weighted by Crippen LogP contribution is -2.40. The topological polar surface area (TPSA) is 62.0 Å². The zero-order valence-corrected chi connectivity index (χ0v) is 21.9. The Kier molecular flexibility index (Phi) is 8.31. The molecule has 6 nitrogen and oxygen atoms in total. The van der Waals surface area contributed by atoms with E-state index in [0.29, 0.717) is 18.4 Å². The second kappa shape index (κ2) is 11.6. The van der Waals surface area contributed by atoms with Crippen molar-refractivity contribution in [1.82, 2.24) is 15.0 Å². The van der Waals surface area contributed by atoms with Crippen molar-refractivity contribution in [2.45, 2.75) is 70.8 Å². The highest BCUT2D eigenvalue weighted by atomic mass is 16.5. The van der Waals surface area contributed by atoms with Crippen LogP contribution in [0.1, 0.15) is 69.0 Å². The Morgan fingerprint density at radius 1 is 1.03 bits per heavy atom. The molecule has 194 valence electrons. The van der Waals surface area contributed by atoms with Gasteiger partial charge in [-0.05, 0) is 114 Å². The maximum absolute atomic E-state index is 9.75. The average Bonchev–Trinajstić information content (AvgIpc) is 3.61. The smallest absolute Gasteiger partial charge is 0.175 e. The van der Waals surface area contributed by atoms with Crippen molar-refractivity contribution >= 4 is 11.0 Å². The molecule has 3 aliphatic rings. The summed E-state index contributed by atoms with van der Waals surface area (Å²) in [6, 6.07) is 4.29. The molecule has 2 saturated carbocycles. The molecule has 0 amide bonds. The normalized spacial score (nSPS) is 24.5. The Balaban J connectivity index is 1.16. The summed E-state index contributed by atoms with van der Waals surface area (Å²) in [5.41, 5.74) is 3.14. The van der Waals surface area contributed by atoms with E-state index >= 15 is 0 Å². The molecule has 5 rings (SSSR count). The first-order chi connectivity index (χ1) is 17.1. The molecule has 1 saturated heterocycles. The average molecular weight is 484 g/mol. The van der Waals surface area contributed by atoms with Crippen molar-refractivity contribution < 1.29 is 14.4 Å². The third-order valence-corrected chi connectivity index (χ3v) is 8.71. The molecule has 2 heterocycles. The van der Waals surface area contributed by atoms with Gasteiger partial charge in [-0.3, -0.25) is 0 Å². The number of likely N-dealkylation sites (tertiary alicyclic amines) is 1. The summed E-state index contributed by atoms with van der Waals surface area (Å²) in [5, 5.41) is 15.4. The van der Waals surface area contributed by atoms with Gasteiger partial charge < -0.3 is 24.2 Å². The van der Waals surface area contributed by atoms with Crippen molar-refractivity contribution in [2.75, 3.05) is 46.9 Å². The fourth-order valence-corrected chi connectivity index (χ4v) is 6.26. The van der Waals surface area contributed by atoms with Gasteiger partial charge in [-0.1, -0.05) is 18.0 Å². The SMILES string of the molecule is CN(C)Cc1c(OCC2CC2)ccc2c(CCC3CCN(CC4CCCCC4CO)CC3)noc12. The molecule has 3 fully saturated rings. The molecular weight excluding hydrogens is 438 g/mol. The van der Waals surface area contributed by atoms with Crippen LogP contribution in [0.4, 0.5) is 0 Å². The summed E-state index contributed by atoms with van der Waals surface area (Å²) in [4.78, 5) is 4.84. The summed E-state index contributed by atoms with van der Waals surface area (Å²) in [7, 11) is 4.18. The number of piperidine rings is 1. The van der Waals surface area contributed by atoms with E-state index < -0.39 is 0 Å². The minimum atomic E-state index is 0.372. The third-order valence-electron chi connectivity index (χ3n) is 8.71. The predicted octanol–water partition coefficient (Wildman–Crippen LogP) is 5.12. The number of fused-ring (bicyclic) bond motifs is 1. The van der Waals surface area contributed by atoms with E-state index in [1.165, 1.54) is 77.4 Å². The quantitative estimate of drug-likeness (QED) is 0.479. The molecular formula is C29H45N3O3. The van der Waals surface area contributed by atoms with Gasteiger partial charge in [0.15, 0.2) is 5.58 Å². The first-order valence-electron chi connectivity index (χ1n) is 14.1. The zero-order valence-electron chi connectivity index (χ0n) is 21.9. The lowest BCUT2D eigenvalue weighted by Gasteiger charge is -2.38. The molecule has 2 aliphatic carbocycles. The van der Waals surface area contributed by atoms with Crippen LogP contribution in [0.15, 0.2) is 16.7 Å². The predicted molar refractivity (Wildman–Crippen MR) is 140 cm³/mol. The Labute approximate surface area is 211 Å². The number of ether oxygens (including phenoxy) is 1. The van der Waals surface area contributed by atoms with Crippen LogP contribution >= 0.6 is 0 Å². The number of aliphatic hydroxyl groups excluding tert-OH is 1. The van der Waals surface area contributed by atoms with Crippen molar-refractivity contribution in [3.63, 3.8) is 0 Å². The van der Waals surface area contributed by atoms with Crippen molar-refractivity contribution in [3.8, 4) is 5.75 Å². The summed E-state index contributed by atoms with van der Waals surface area (Å²) < 4.78 is 12.1. The van der Waals surface area contributed by atoms with Gasteiger partial charge in [-0.2, -0.15) is 0 Å². The first-order valence-corrected chi connectivity index (χ1v) is 14.1. The summed E-state index contributed by atoms with van der Waals surface area (Å²) >= 11 is 0. The van der Waals surface area contributed by atoms with E-state index in [4.69, 9.17) is 9.26 Å². The summed E-state index contributed by atoms with van der Waals surface area (Å²) in [6.07, 6.45) is 12.5.